The number of anilines is 1. The lowest BCUT2D eigenvalue weighted by molar-refractivity contribution is -0.384. The Balaban J connectivity index is 3.22. The molecule has 1 aromatic heterocycles. The average Bonchev–Trinajstić information content (AvgIpc) is 2.74. The molecule has 0 radical (unpaired) electrons. The van der Waals surface area contributed by atoms with Crippen molar-refractivity contribution in [2.75, 3.05) is 11.9 Å². The molecule has 114 valence electrons. The zero-order valence-electron chi connectivity index (χ0n) is 11.7. The first-order valence-corrected chi connectivity index (χ1v) is 6.94. The van der Waals surface area contributed by atoms with Crippen LogP contribution >= 0.6 is 11.3 Å². The minimum atomic E-state index is -0.947. The van der Waals surface area contributed by atoms with E-state index in [9.17, 15) is 24.5 Å². The standard InChI is InChI=1S/C12H14N2O6S/c1-4-7(15)10(16)13-11-8(14(18)19)6(3)9(21-11)12(17)20-5-2/h4-5H2,1-3H3,(H,13,16). The highest BCUT2D eigenvalue weighted by atomic mass is 32.1. The molecule has 0 atom stereocenters. The molecule has 8 nitrogen and oxygen atoms in total. The second kappa shape index (κ2) is 6.93. The molecule has 9 heteroatoms. The summed E-state index contributed by atoms with van der Waals surface area (Å²) in [6.07, 6.45) is -0.0191. The van der Waals surface area contributed by atoms with Gasteiger partial charge < -0.3 is 10.1 Å². The first kappa shape index (κ1) is 16.8. The Morgan fingerprint density at radius 2 is 1.95 bits per heavy atom. The number of nitrogens with one attached hydrogen (secondary N) is 1. The van der Waals surface area contributed by atoms with E-state index in [0.717, 1.165) is 11.3 Å². The summed E-state index contributed by atoms with van der Waals surface area (Å²) in [5.41, 5.74) is -0.303. The minimum Gasteiger partial charge on any atom is -0.462 e. The Labute approximate surface area is 124 Å². The molecule has 0 aliphatic heterocycles. The van der Waals surface area contributed by atoms with Crippen molar-refractivity contribution >= 4 is 39.7 Å². The SMILES string of the molecule is CCOC(=O)c1sc(NC(=O)C(=O)CC)c([N+](=O)[O-])c1C. The van der Waals surface area contributed by atoms with Gasteiger partial charge in [-0.3, -0.25) is 19.7 Å². The maximum atomic E-state index is 11.7. The second-order valence-electron chi connectivity index (χ2n) is 3.94. The molecular weight excluding hydrogens is 300 g/mol. The molecule has 1 N–H and O–H groups in total. The van der Waals surface area contributed by atoms with E-state index in [1.165, 1.54) is 13.8 Å². The molecule has 21 heavy (non-hydrogen) atoms. The van der Waals surface area contributed by atoms with Gasteiger partial charge in [-0.15, -0.1) is 11.3 Å². The van der Waals surface area contributed by atoms with Gasteiger partial charge in [-0.2, -0.15) is 0 Å². The molecule has 0 saturated heterocycles. The highest BCUT2D eigenvalue weighted by Crippen LogP contribution is 2.39. The van der Waals surface area contributed by atoms with Gasteiger partial charge >= 0.3 is 11.7 Å². The summed E-state index contributed by atoms with van der Waals surface area (Å²) in [4.78, 5) is 44.9. The number of esters is 1. The predicted octanol–water partition coefficient (Wildman–Crippen LogP) is 2.06. The van der Waals surface area contributed by atoms with E-state index in [2.05, 4.69) is 5.32 Å². The fourth-order valence-electron chi connectivity index (χ4n) is 1.53. The number of thiophene rings is 1. The van der Waals surface area contributed by atoms with Crippen LogP contribution in [0.5, 0.6) is 0 Å². The zero-order chi connectivity index (χ0) is 16.2. The monoisotopic (exact) mass is 314 g/mol. The zero-order valence-corrected chi connectivity index (χ0v) is 12.5. The Hall–Kier alpha value is -2.29. The van der Waals surface area contributed by atoms with Gasteiger partial charge in [0.25, 0.3) is 5.91 Å². The summed E-state index contributed by atoms with van der Waals surface area (Å²) in [7, 11) is 0. The summed E-state index contributed by atoms with van der Waals surface area (Å²) in [6.45, 7) is 4.62. The molecule has 0 bridgehead atoms. The highest BCUT2D eigenvalue weighted by molar-refractivity contribution is 7.19. The quantitative estimate of drug-likeness (QED) is 0.372. The number of Topliss-reactive ketones (excluding diaryl/α,β-unsaturated/α-hetero) is 1. The van der Waals surface area contributed by atoms with E-state index < -0.39 is 28.3 Å². The van der Waals surface area contributed by atoms with Crippen LogP contribution in [0.15, 0.2) is 0 Å². The van der Waals surface area contributed by atoms with E-state index >= 15 is 0 Å². The lowest BCUT2D eigenvalue weighted by atomic mass is 10.2. The van der Waals surface area contributed by atoms with Crippen molar-refractivity contribution in [2.24, 2.45) is 0 Å². The van der Waals surface area contributed by atoms with Crippen molar-refractivity contribution < 1.29 is 24.0 Å². The van der Waals surface area contributed by atoms with Crippen LogP contribution in [0.4, 0.5) is 10.7 Å². The number of hydrogen-bond acceptors (Lipinski definition) is 7. The average molecular weight is 314 g/mol. The largest absolute Gasteiger partial charge is 0.462 e. The molecule has 0 saturated carbocycles. The minimum absolute atomic E-state index is 0.0191. The van der Waals surface area contributed by atoms with Crippen LogP contribution in [0.1, 0.15) is 35.5 Å². The number of hydrogen-bond donors (Lipinski definition) is 1. The Morgan fingerprint density at radius 3 is 2.43 bits per heavy atom. The third-order valence-electron chi connectivity index (χ3n) is 2.56. The van der Waals surface area contributed by atoms with Crippen molar-refractivity contribution in [3.05, 3.63) is 20.6 Å². The number of nitro groups is 1. The van der Waals surface area contributed by atoms with Crippen molar-refractivity contribution in [1.82, 2.24) is 0 Å². The van der Waals surface area contributed by atoms with Gasteiger partial charge in [0.1, 0.15) is 4.88 Å². The van der Waals surface area contributed by atoms with E-state index in [1.54, 1.807) is 6.92 Å². The van der Waals surface area contributed by atoms with Crippen LogP contribution in [0.3, 0.4) is 0 Å². The normalized spacial score (nSPS) is 10.0. The molecule has 0 aliphatic carbocycles. The molecule has 1 aromatic rings. The van der Waals surface area contributed by atoms with Crippen molar-refractivity contribution in [2.45, 2.75) is 27.2 Å². The number of nitrogens with zero attached hydrogens (tertiary/aromatic N) is 1. The van der Waals surface area contributed by atoms with Crippen LogP contribution in [0.25, 0.3) is 0 Å². The molecule has 0 spiro atoms. The Kier molecular flexibility index (Phi) is 5.53. The summed E-state index contributed by atoms with van der Waals surface area (Å²) in [6, 6.07) is 0. The van der Waals surface area contributed by atoms with E-state index in [-0.39, 0.29) is 28.5 Å². The molecular formula is C12H14N2O6S. The Bertz CT molecular complexity index is 607. The van der Waals surface area contributed by atoms with Gasteiger partial charge in [-0.05, 0) is 13.8 Å². The number of ketones is 1. The topological polar surface area (TPSA) is 116 Å². The lowest BCUT2D eigenvalue weighted by Crippen LogP contribution is -2.21. The maximum Gasteiger partial charge on any atom is 0.348 e. The van der Waals surface area contributed by atoms with Crippen molar-refractivity contribution in [3.8, 4) is 0 Å². The summed E-state index contributed by atoms with van der Waals surface area (Å²) < 4.78 is 4.80. The van der Waals surface area contributed by atoms with Crippen molar-refractivity contribution in [3.63, 3.8) is 0 Å². The first-order valence-electron chi connectivity index (χ1n) is 6.12. The van der Waals surface area contributed by atoms with Crippen LogP contribution < -0.4 is 5.32 Å². The van der Waals surface area contributed by atoms with Crippen LogP contribution in [-0.4, -0.2) is 29.2 Å². The third kappa shape index (κ3) is 3.63. The predicted molar refractivity (Wildman–Crippen MR) is 75.6 cm³/mol. The number of amides is 1. The number of ether oxygens (including phenoxy) is 1. The van der Waals surface area contributed by atoms with Gasteiger partial charge in [0.2, 0.25) is 5.78 Å². The Morgan fingerprint density at radius 1 is 1.33 bits per heavy atom. The van der Waals surface area contributed by atoms with Crippen molar-refractivity contribution in [1.29, 1.82) is 0 Å². The smallest absolute Gasteiger partial charge is 0.348 e. The van der Waals surface area contributed by atoms with E-state index in [1.807, 2.05) is 0 Å². The van der Waals surface area contributed by atoms with Gasteiger partial charge in [0.05, 0.1) is 17.1 Å². The molecule has 1 amide bonds. The highest BCUT2D eigenvalue weighted by Gasteiger charge is 2.30. The molecule has 0 unspecified atom stereocenters. The van der Waals surface area contributed by atoms with Gasteiger partial charge in [0, 0.05) is 6.42 Å². The van der Waals surface area contributed by atoms with Gasteiger partial charge in [-0.1, -0.05) is 6.92 Å². The molecule has 1 heterocycles. The van der Waals surface area contributed by atoms with Crippen LogP contribution in [0.2, 0.25) is 0 Å². The third-order valence-corrected chi connectivity index (χ3v) is 3.74. The molecule has 1 rings (SSSR count). The summed E-state index contributed by atoms with van der Waals surface area (Å²) >= 11 is 0.718. The molecule has 0 fully saturated rings. The first-order chi connectivity index (χ1) is 9.83. The summed E-state index contributed by atoms with van der Waals surface area (Å²) in [5, 5.41) is 13.1. The number of carbonyl (C=O) groups is 3. The van der Waals surface area contributed by atoms with Gasteiger partial charge in [0.15, 0.2) is 5.00 Å². The maximum absolute atomic E-state index is 11.7. The number of carbonyl (C=O) groups excluding carboxylic acids is 3. The van der Waals surface area contributed by atoms with E-state index in [4.69, 9.17) is 4.74 Å². The van der Waals surface area contributed by atoms with E-state index in [0.29, 0.717) is 0 Å². The fourth-order valence-corrected chi connectivity index (χ4v) is 2.60. The molecule has 0 aromatic carbocycles. The van der Waals surface area contributed by atoms with Crippen LogP contribution in [-0.2, 0) is 14.3 Å². The summed E-state index contributed by atoms with van der Waals surface area (Å²) in [5.74, 6) is -2.35. The van der Waals surface area contributed by atoms with Gasteiger partial charge in [-0.25, -0.2) is 4.79 Å². The lowest BCUT2D eigenvalue weighted by Gasteiger charge is -1.99. The molecule has 0 aliphatic rings. The fraction of sp³-hybridized carbons (Fsp3) is 0.417. The second-order valence-corrected chi connectivity index (χ2v) is 4.96. The van der Waals surface area contributed by atoms with Crippen LogP contribution in [0, 0.1) is 17.0 Å². The number of rotatable bonds is 6.